The molecule has 0 saturated carbocycles. The van der Waals surface area contributed by atoms with Crippen molar-refractivity contribution in [2.75, 3.05) is 0 Å². The van der Waals surface area contributed by atoms with E-state index in [-0.39, 0.29) is 17.9 Å². The van der Waals surface area contributed by atoms with Crippen LogP contribution in [0.25, 0.3) is 0 Å². The maximum absolute atomic E-state index is 12.6. The lowest BCUT2D eigenvalue weighted by Gasteiger charge is -2.22. The predicted octanol–water partition coefficient (Wildman–Crippen LogP) is 3.16. The zero-order valence-corrected chi connectivity index (χ0v) is 8.58. The molecule has 2 atom stereocenters. The SMILES string of the molecule is CC(C1OCc2cccc(O)c21)C(F)(F)F. The third-order valence-corrected chi connectivity index (χ3v) is 2.85. The highest BCUT2D eigenvalue weighted by atomic mass is 19.4. The first-order chi connectivity index (χ1) is 7.41. The average molecular weight is 232 g/mol. The van der Waals surface area contributed by atoms with Gasteiger partial charge in [-0.15, -0.1) is 0 Å². The van der Waals surface area contributed by atoms with Crippen LogP contribution < -0.4 is 0 Å². The number of phenolic OH excluding ortho intramolecular Hbond substituents is 1. The summed E-state index contributed by atoms with van der Waals surface area (Å²) in [4.78, 5) is 0. The van der Waals surface area contributed by atoms with Crippen LogP contribution in [0.15, 0.2) is 18.2 Å². The molecule has 1 heterocycles. The Morgan fingerprint density at radius 2 is 2.12 bits per heavy atom. The van der Waals surface area contributed by atoms with E-state index in [2.05, 4.69) is 0 Å². The number of alkyl halides is 3. The van der Waals surface area contributed by atoms with E-state index >= 15 is 0 Å². The van der Waals surface area contributed by atoms with E-state index in [1.807, 2.05) is 0 Å². The lowest BCUT2D eigenvalue weighted by Crippen LogP contribution is -2.26. The van der Waals surface area contributed by atoms with Crippen LogP contribution in [0.1, 0.15) is 24.2 Å². The molecular weight excluding hydrogens is 221 g/mol. The van der Waals surface area contributed by atoms with Crippen LogP contribution in [0.3, 0.4) is 0 Å². The van der Waals surface area contributed by atoms with Crippen molar-refractivity contribution in [2.45, 2.75) is 25.8 Å². The molecule has 2 nitrogen and oxygen atoms in total. The van der Waals surface area contributed by atoms with E-state index in [1.54, 1.807) is 12.1 Å². The fourth-order valence-electron chi connectivity index (χ4n) is 1.88. The Hall–Kier alpha value is -1.23. The molecular formula is C11H11F3O2. The Balaban J connectivity index is 2.37. The molecule has 1 aliphatic rings. The van der Waals surface area contributed by atoms with E-state index in [0.29, 0.717) is 5.56 Å². The maximum Gasteiger partial charge on any atom is 0.394 e. The number of phenols is 1. The first kappa shape index (κ1) is 11.3. The van der Waals surface area contributed by atoms with E-state index < -0.39 is 18.2 Å². The Kier molecular flexibility index (Phi) is 2.58. The van der Waals surface area contributed by atoms with Crippen molar-refractivity contribution in [1.82, 2.24) is 0 Å². The third-order valence-electron chi connectivity index (χ3n) is 2.85. The molecule has 1 N–H and O–H groups in total. The van der Waals surface area contributed by atoms with Gasteiger partial charge in [-0.1, -0.05) is 19.1 Å². The summed E-state index contributed by atoms with van der Waals surface area (Å²) in [6.45, 7) is 1.18. The van der Waals surface area contributed by atoms with Crippen molar-refractivity contribution in [3.05, 3.63) is 29.3 Å². The lowest BCUT2D eigenvalue weighted by molar-refractivity contribution is -0.201. The Morgan fingerprint density at radius 1 is 1.44 bits per heavy atom. The summed E-state index contributed by atoms with van der Waals surface area (Å²) in [7, 11) is 0. The Bertz CT molecular complexity index is 401. The van der Waals surface area contributed by atoms with Gasteiger partial charge in [0.2, 0.25) is 0 Å². The molecule has 0 bridgehead atoms. The van der Waals surface area contributed by atoms with Gasteiger partial charge in [0.05, 0.1) is 18.6 Å². The molecule has 0 aliphatic carbocycles. The van der Waals surface area contributed by atoms with E-state index in [4.69, 9.17) is 4.74 Å². The molecule has 0 saturated heterocycles. The number of benzene rings is 1. The molecule has 0 aromatic heterocycles. The van der Waals surface area contributed by atoms with E-state index in [9.17, 15) is 18.3 Å². The highest BCUT2D eigenvalue weighted by Crippen LogP contribution is 2.46. The van der Waals surface area contributed by atoms with Gasteiger partial charge in [-0.2, -0.15) is 13.2 Å². The minimum absolute atomic E-state index is 0.120. The maximum atomic E-state index is 12.6. The fraction of sp³-hybridized carbons (Fsp3) is 0.455. The number of halogens is 3. The molecule has 1 aromatic rings. The molecule has 2 unspecified atom stereocenters. The Morgan fingerprint density at radius 3 is 2.75 bits per heavy atom. The first-order valence-corrected chi connectivity index (χ1v) is 4.90. The minimum atomic E-state index is -4.32. The van der Waals surface area contributed by atoms with Gasteiger partial charge < -0.3 is 9.84 Å². The number of rotatable bonds is 1. The molecule has 88 valence electrons. The van der Waals surface area contributed by atoms with Crippen molar-refractivity contribution < 1.29 is 23.0 Å². The number of hydrogen-bond donors (Lipinski definition) is 1. The van der Waals surface area contributed by atoms with Crippen LogP contribution in [-0.2, 0) is 11.3 Å². The minimum Gasteiger partial charge on any atom is -0.508 e. The fourth-order valence-corrected chi connectivity index (χ4v) is 1.88. The molecule has 0 radical (unpaired) electrons. The zero-order valence-electron chi connectivity index (χ0n) is 8.58. The largest absolute Gasteiger partial charge is 0.508 e. The standard InChI is InChI=1S/C11H11F3O2/c1-6(11(12,13)14)10-9-7(5-16-10)3-2-4-8(9)15/h2-4,6,10,15H,5H2,1H3. The highest BCUT2D eigenvalue weighted by Gasteiger charge is 2.45. The zero-order chi connectivity index (χ0) is 11.9. The van der Waals surface area contributed by atoms with Gasteiger partial charge in [0, 0.05) is 5.56 Å². The van der Waals surface area contributed by atoms with Crippen LogP contribution in [0, 0.1) is 5.92 Å². The number of fused-ring (bicyclic) bond motifs is 1. The summed E-state index contributed by atoms with van der Waals surface area (Å²) >= 11 is 0. The Labute approximate surface area is 90.7 Å². The molecule has 0 amide bonds. The van der Waals surface area contributed by atoms with Gasteiger partial charge in [0.15, 0.2) is 0 Å². The summed E-state index contributed by atoms with van der Waals surface area (Å²) < 4.78 is 42.8. The smallest absolute Gasteiger partial charge is 0.394 e. The van der Waals surface area contributed by atoms with Crippen molar-refractivity contribution in [1.29, 1.82) is 0 Å². The van der Waals surface area contributed by atoms with Gasteiger partial charge in [0.1, 0.15) is 5.75 Å². The molecule has 16 heavy (non-hydrogen) atoms. The molecule has 0 spiro atoms. The lowest BCUT2D eigenvalue weighted by atomic mass is 9.94. The second kappa shape index (κ2) is 3.66. The molecule has 0 fully saturated rings. The summed E-state index contributed by atoms with van der Waals surface area (Å²) in [5.74, 6) is -1.75. The summed E-state index contributed by atoms with van der Waals surface area (Å²) in [6, 6.07) is 4.64. The van der Waals surface area contributed by atoms with Gasteiger partial charge in [0.25, 0.3) is 0 Å². The predicted molar refractivity (Wildman–Crippen MR) is 50.9 cm³/mol. The second-order valence-electron chi connectivity index (χ2n) is 3.91. The van der Waals surface area contributed by atoms with Crippen LogP contribution in [0.2, 0.25) is 0 Å². The highest BCUT2D eigenvalue weighted by molar-refractivity contribution is 5.43. The van der Waals surface area contributed by atoms with Crippen LogP contribution in [-0.4, -0.2) is 11.3 Å². The molecule has 5 heteroatoms. The first-order valence-electron chi connectivity index (χ1n) is 4.90. The number of ether oxygens (including phenoxy) is 1. The van der Waals surface area contributed by atoms with Gasteiger partial charge in [-0.3, -0.25) is 0 Å². The van der Waals surface area contributed by atoms with Gasteiger partial charge >= 0.3 is 6.18 Å². The normalized spacial score (nSPS) is 21.9. The average Bonchev–Trinajstić information content (AvgIpc) is 2.60. The van der Waals surface area contributed by atoms with Crippen LogP contribution in [0.5, 0.6) is 5.75 Å². The van der Waals surface area contributed by atoms with Crippen molar-refractivity contribution >= 4 is 0 Å². The van der Waals surface area contributed by atoms with E-state index in [0.717, 1.165) is 6.92 Å². The van der Waals surface area contributed by atoms with Gasteiger partial charge in [-0.05, 0) is 11.6 Å². The number of aromatic hydroxyl groups is 1. The molecule has 2 rings (SSSR count). The van der Waals surface area contributed by atoms with E-state index in [1.165, 1.54) is 6.07 Å². The summed E-state index contributed by atoms with van der Waals surface area (Å²) in [5.41, 5.74) is 0.897. The molecule has 1 aliphatic heterocycles. The topological polar surface area (TPSA) is 29.5 Å². The monoisotopic (exact) mass is 232 g/mol. The quantitative estimate of drug-likeness (QED) is 0.805. The van der Waals surface area contributed by atoms with Crippen molar-refractivity contribution in [3.8, 4) is 5.75 Å². The van der Waals surface area contributed by atoms with Crippen LogP contribution >= 0.6 is 0 Å². The number of hydrogen-bond acceptors (Lipinski definition) is 2. The van der Waals surface area contributed by atoms with Crippen molar-refractivity contribution in [3.63, 3.8) is 0 Å². The summed E-state index contributed by atoms with van der Waals surface area (Å²) in [6.07, 6.45) is -5.43. The van der Waals surface area contributed by atoms with Crippen molar-refractivity contribution in [2.24, 2.45) is 5.92 Å². The molecule has 1 aromatic carbocycles. The van der Waals surface area contributed by atoms with Gasteiger partial charge in [-0.25, -0.2) is 0 Å². The third kappa shape index (κ3) is 1.75. The second-order valence-corrected chi connectivity index (χ2v) is 3.91. The summed E-state index contributed by atoms with van der Waals surface area (Å²) in [5, 5.41) is 9.57. The van der Waals surface area contributed by atoms with Crippen LogP contribution in [0.4, 0.5) is 13.2 Å².